The van der Waals surface area contributed by atoms with Gasteiger partial charge in [0.15, 0.2) is 0 Å². The molecular weight excluding hydrogens is 174 g/mol. The minimum atomic E-state index is 0.210. The van der Waals surface area contributed by atoms with Crippen LogP contribution in [0.1, 0.15) is 52.4 Å². The Balaban J connectivity index is 2.27. The zero-order chi connectivity index (χ0) is 10.4. The van der Waals surface area contributed by atoms with Crippen molar-refractivity contribution in [1.82, 2.24) is 5.32 Å². The highest BCUT2D eigenvalue weighted by molar-refractivity contribution is 4.86. The molecule has 2 nitrogen and oxygen atoms in total. The van der Waals surface area contributed by atoms with E-state index < -0.39 is 0 Å². The normalized spacial score (nSPS) is 22.5. The predicted molar refractivity (Wildman–Crippen MR) is 60.4 cm³/mol. The third kappa shape index (κ3) is 3.25. The van der Waals surface area contributed by atoms with E-state index in [1.54, 1.807) is 0 Å². The van der Waals surface area contributed by atoms with Crippen LogP contribution in [0, 0.1) is 5.41 Å². The summed E-state index contributed by atoms with van der Waals surface area (Å²) in [6, 6.07) is 0.601. The number of rotatable bonds is 6. The molecule has 0 aromatic heterocycles. The lowest BCUT2D eigenvalue weighted by molar-refractivity contribution is 0.125. The summed E-state index contributed by atoms with van der Waals surface area (Å²) in [5.41, 5.74) is 0.210. The van der Waals surface area contributed by atoms with Gasteiger partial charge in [0.1, 0.15) is 0 Å². The summed E-state index contributed by atoms with van der Waals surface area (Å²) < 4.78 is 0. The molecule has 0 bridgehead atoms. The lowest BCUT2D eigenvalue weighted by Crippen LogP contribution is -2.39. The molecule has 1 rings (SSSR count). The first-order chi connectivity index (χ1) is 6.72. The molecule has 84 valence electrons. The molecule has 0 spiro atoms. The molecule has 1 saturated carbocycles. The molecule has 0 radical (unpaired) electrons. The Morgan fingerprint density at radius 1 is 1.36 bits per heavy atom. The van der Waals surface area contributed by atoms with Gasteiger partial charge in [-0.1, -0.05) is 26.2 Å². The largest absolute Gasteiger partial charge is 0.396 e. The van der Waals surface area contributed by atoms with E-state index in [-0.39, 0.29) is 5.41 Å². The van der Waals surface area contributed by atoms with E-state index in [9.17, 15) is 5.11 Å². The Hall–Kier alpha value is -0.0800. The van der Waals surface area contributed by atoms with Crippen molar-refractivity contribution in [3.05, 3.63) is 0 Å². The van der Waals surface area contributed by atoms with Crippen LogP contribution in [0.2, 0.25) is 0 Å². The molecule has 2 heteroatoms. The van der Waals surface area contributed by atoms with Gasteiger partial charge in [-0.25, -0.2) is 0 Å². The summed E-state index contributed by atoms with van der Waals surface area (Å²) in [6.07, 6.45) is 7.47. The quantitative estimate of drug-likeness (QED) is 0.688. The molecule has 1 aliphatic rings. The van der Waals surface area contributed by atoms with Gasteiger partial charge in [0.25, 0.3) is 0 Å². The van der Waals surface area contributed by atoms with Crippen LogP contribution in [-0.4, -0.2) is 24.3 Å². The first kappa shape index (κ1) is 12.0. The van der Waals surface area contributed by atoms with Crippen molar-refractivity contribution in [3.63, 3.8) is 0 Å². The third-order valence-corrected chi connectivity index (χ3v) is 3.55. The summed E-state index contributed by atoms with van der Waals surface area (Å²) in [4.78, 5) is 0. The Morgan fingerprint density at radius 3 is 2.50 bits per heavy atom. The second-order valence-electron chi connectivity index (χ2n) is 4.94. The maximum Gasteiger partial charge on any atom is 0.0499 e. The van der Waals surface area contributed by atoms with Crippen molar-refractivity contribution < 1.29 is 5.11 Å². The maximum atomic E-state index is 9.42. The van der Waals surface area contributed by atoms with E-state index in [2.05, 4.69) is 19.2 Å². The van der Waals surface area contributed by atoms with Gasteiger partial charge < -0.3 is 10.4 Å². The first-order valence-corrected chi connectivity index (χ1v) is 6.07. The van der Waals surface area contributed by atoms with Crippen LogP contribution in [0.4, 0.5) is 0 Å². The fourth-order valence-electron chi connectivity index (χ4n) is 2.44. The van der Waals surface area contributed by atoms with Crippen LogP contribution in [-0.2, 0) is 0 Å². The summed E-state index contributed by atoms with van der Waals surface area (Å²) >= 11 is 0. The molecular formula is C12H25NO. The highest BCUT2D eigenvalue weighted by atomic mass is 16.3. The molecule has 0 amide bonds. The van der Waals surface area contributed by atoms with Crippen LogP contribution in [0.5, 0.6) is 0 Å². The molecule has 0 heterocycles. The lowest BCUT2D eigenvalue weighted by Gasteiger charge is -2.28. The predicted octanol–water partition coefficient (Wildman–Crippen LogP) is 2.32. The molecule has 0 aromatic carbocycles. The monoisotopic (exact) mass is 199 g/mol. The second kappa shape index (κ2) is 5.72. The lowest BCUT2D eigenvalue weighted by atomic mass is 9.87. The van der Waals surface area contributed by atoms with Gasteiger partial charge in [0.2, 0.25) is 0 Å². The molecule has 1 aliphatic carbocycles. The standard InChI is InChI=1S/C12H25NO/c1-3-6-11(2)13-9-12(10-14)7-4-5-8-12/h11,13-14H,3-10H2,1-2H3. The zero-order valence-corrected chi connectivity index (χ0v) is 9.68. The van der Waals surface area contributed by atoms with E-state index >= 15 is 0 Å². The SMILES string of the molecule is CCCC(C)NCC1(CO)CCCC1. The maximum absolute atomic E-state index is 9.42. The van der Waals surface area contributed by atoms with Gasteiger partial charge in [0, 0.05) is 24.6 Å². The molecule has 1 unspecified atom stereocenters. The van der Waals surface area contributed by atoms with Crippen molar-refractivity contribution in [2.75, 3.05) is 13.2 Å². The van der Waals surface area contributed by atoms with Crippen LogP contribution in [0.15, 0.2) is 0 Å². The Kier molecular flexibility index (Phi) is 4.90. The van der Waals surface area contributed by atoms with Gasteiger partial charge >= 0.3 is 0 Å². The van der Waals surface area contributed by atoms with E-state index in [0.29, 0.717) is 12.6 Å². The number of nitrogens with one attached hydrogen (secondary N) is 1. The average molecular weight is 199 g/mol. The molecule has 1 atom stereocenters. The van der Waals surface area contributed by atoms with Crippen LogP contribution >= 0.6 is 0 Å². The summed E-state index contributed by atoms with van der Waals surface area (Å²) in [6.45, 7) is 5.82. The van der Waals surface area contributed by atoms with Crippen molar-refractivity contribution in [1.29, 1.82) is 0 Å². The van der Waals surface area contributed by atoms with Crippen molar-refractivity contribution in [2.45, 2.75) is 58.4 Å². The Bertz CT molecular complexity index is 152. The van der Waals surface area contributed by atoms with Crippen LogP contribution in [0.25, 0.3) is 0 Å². The van der Waals surface area contributed by atoms with Crippen molar-refractivity contribution in [2.24, 2.45) is 5.41 Å². The van der Waals surface area contributed by atoms with Gasteiger partial charge in [-0.05, 0) is 26.2 Å². The molecule has 0 aliphatic heterocycles. The van der Waals surface area contributed by atoms with Crippen LogP contribution in [0.3, 0.4) is 0 Å². The van der Waals surface area contributed by atoms with Gasteiger partial charge in [0.05, 0.1) is 0 Å². The summed E-state index contributed by atoms with van der Waals surface area (Å²) in [5, 5.41) is 13.0. The van der Waals surface area contributed by atoms with Crippen LogP contribution < -0.4 is 5.32 Å². The Morgan fingerprint density at radius 2 is 2.00 bits per heavy atom. The van der Waals surface area contributed by atoms with Gasteiger partial charge in [-0.15, -0.1) is 0 Å². The molecule has 1 fully saturated rings. The fraction of sp³-hybridized carbons (Fsp3) is 1.00. The van der Waals surface area contributed by atoms with Gasteiger partial charge in [-0.2, -0.15) is 0 Å². The fourth-order valence-corrected chi connectivity index (χ4v) is 2.44. The highest BCUT2D eigenvalue weighted by Crippen LogP contribution is 2.36. The molecule has 14 heavy (non-hydrogen) atoms. The molecule has 2 N–H and O–H groups in total. The Labute approximate surface area is 88.1 Å². The van der Waals surface area contributed by atoms with Crippen molar-refractivity contribution >= 4 is 0 Å². The van der Waals surface area contributed by atoms with Crippen molar-refractivity contribution in [3.8, 4) is 0 Å². The number of aliphatic hydroxyl groups is 1. The van der Waals surface area contributed by atoms with E-state index in [1.165, 1.54) is 38.5 Å². The number of hydrogen-bond donors (Lipinski definition) is 2. The number of hydrogen-bond acceptors (Lipinski definition) is 2. The van der Waals surface area contributed by atoms with E-state index in [1.807, 2.05) is 0 Å². The third-order valence-electron chi connectivity index (χ3n) is 3.55. The molecule has 0 aromatic rings. The van der Waals surface area contributed by atoms with E-state index in [4.69, 9.17) is 0 Å². The average Bonchev–Trinajstić information content (AvgIpc) is 2.65. The van der Waals surface area contributed by atoms with E-state index in [0.717, 1.165) is 6.54 Å². The number of aliphatic hydroxyl groups excluding tert-OH is 1. The summed E-state index contributed by atoms with van der Waals surface area (Å²) in [7, 11) is 0. The first-order valence-electron chi connectivity index (χ1n) is 6.07. The second-order valence-corrected chi connectivity index (χ2v) is 4.94. The zero-order valence-electron chi connectivity index (χ0n) is 9.68. The van der Waals surface area contributed by atoms with Gasteiger partial charge in [-0.3, -0.25) is 0 Å². The summed E-state index contributed by atoms with van der Waals surface area (Å²) in [5.74, 6) is 0. The minimum absolute atomic E-state index is 0.210. The topological polar surface area (TPSA) is 32.3 Å². The highest BCUT2D eigenvalue weighted by Gasteiger charge is 2.32. The molecule has 0 saturated heterocycles. The minimum Gasteiger partial charge on any atom is -0.396 e. The smallest absolute Gasteiger partial charge is 0.0499 e.